The number of hydrogen-bond donors (Lipinski definition) is 2. The summed E-state index contributed by atoms with van der Waals surface area (Å²) >= 11 is 0. The van der Waals surface area contributed by atoms with E-state index in [1.807, 2.05) is 0 Å². The van der Waals surface area contributed by atoms with Crippen LogP contribution in [-0.2, 0) is 0 Å². The van der Waals surface area contributed by atoms with Gasteiger partial charge in [-0.05, 0) is 25.1 Å². The summed E-state index contributed by atoms with van der Waals surface area (Å²) < 4.78 is 4.99. The van der Waals surface area contributed by atoms with Gasteiger partial charge in [-0.2, -0.15) is 0 Å². The molecular weight excluding hydrogens is 300 g/mol. The molecule has 0 unspecified atom stereocenters. The number of aromatic hydroxyl groups is 2. The minimum Gasteiger partial charge on any atom is -0.507 e. The van der Waals surface area contributed by atoms with Crippen molar-refractivity contribution in [3.8, 4) is 17.2 Å². The maximum Gasteiger partial charge on any atom is 0.198 e. The summed E-state index contributed by atoms with van der Waals surface area (Å²) in [6, 6.07) is 4.88. The van der Waals surface area contributed by atoms with Gasteiger partial charge in [0, 0.05) is 22.8 Å². The Labute approximate surface area is 130 Å². The fourth-order valence-corrected chi connectivity index (χ4v) is 2.66. The summed E-state index contributed by atoms with van der Waals surface area (Å²) in [6.07, 6.45) is 0. The zero-order chi connectivity index (χ0) is 16.9. The number of carbonyl (C=O) groups is 3. The standard InChI is InChI=1S/C17H12O6/c1-7(18)9-5-10-11(6-13(9)19)16(21)12-3-8(23-2)4-14(20)15(12)17(10)22/h3-6,19-20H,1-2H3. The first kappa shape index (κ1) is 14.8. The van der Waals surface area contributed by atoms with E-state index in [1.54, 1.807) is 0 Å². The van der Waals surface area contributed by atoms with E-state index in [9.17, 15) is 24.6 Å². The lowest BCUT2D eigenvalue weighted by Crippen LogP contribution is -2.21. The number of rotatable bonds is 2. The summed E-state index contributed by atoms with van der Waals surface area (Å²) in [5.74, 6) is -2.06. The second-order valence-electron chi connectivity index (χ2n) is 5.20. The van der Waals surface area contributed by atoms with Crippen LogP contribution in [0.2, 0.25) is 0 Å². The number of fused-ring (bicyclic) bond motifs is 2. The van der Waals surface area contributed by atoms with Crippen molar-refractivity contribution in [2.24, 2.45) is 0 Å². The van der Waals surface area contributed by atoms with Gasteiger partial charge in [0.25, 0.3) is 0 Å². The first-order valence-electron chi connectivity index (χ1n) is 6.73. The van der Waals surface area contributed by atoms with Crippen LogP contribution in [0.25, 0.3) is 0 Å². The zero-order valence-corrected chi connectivity index (χ0v) is 12.3. The summed E-state index contributed by atoms with van der Waals surface area (Å²) in [4.78, 5) is 36.7. The highest BCUT2D eigenvalue weighted by Gasteiger charge is 2.34. The third-order valence-corrected chi connectivity index (χ3v) is 3.80. The van der Waals surface area contributed by atoms with Gasteiger partial charge < -0.3 is 14.9 Å². The highest BCUT2D eigenvalue weighted by atomic mass is 16.5. The molecule has 0 radical (unpaired) electrons. The molecule has 6 nitrogen and oxygen atoms in total. The molecule has 23 heavy (non-hydrogen) atoms. The van der Waals surface area contributed by atoms with E-state index in [-0.39, 0.29) is 45.1 Å². The van der Waals surface area contributed by atoms with Crippen LogP contribution in [0.4, 0.5) is 0 Å². The maximum absolute atomic E-state index is 12.6. The molecule has 0 saturated heterocycles. The average Bonchev–Trinajstić information content (AvgIpc) is 2.51. The average molecular weight is 312 g/mol. The fourth-order valence-electron chi connectivity index (χ4n) is 2.66. The lowest BCUT2D eigenvalue weighted by Gasteiger charge is -2.20. The van der Waals surface area contributed by atoms with Gasteiger partial charge in [-0.15, -0.1) is 0 Å². The molecule has 3 rings (SSSR count). The Kier molecular flexibility index (Phi) is 3.18. The molecule has 1 aliphatic carbocycles. The quantitative estimate of drug-likeness (QED) is 0.703. The Hall–Kier alpha value is -3.15. The molecule has 0 aliphatic heterocycles. The van der Waals surface area contributed by atoms with Crippen LogP contribution >= 0.6 is 0 Å². The van der Waals surface area contributed by atoms with E-state index in [1.165, 1.54) is 32.2 Å². The summed E-state index contributed by atoms with van der Waals surface area (Å²) in [5, 5.41) is 19.9. The van der Waals surface area contributed by atoms with E-state index in [2.05, 4.69) is 0 Å². The molecule has 0 amide bonds. The number of carbonyl (C=O) groups excluding carboxylic acids is 3. The van der Waals surface area contributed by atoms with E-state index >= 15 is 0 Å². The van der Waals surface area contributed by atoms with Gasteiger partial charge in [-0.25, -0.2) is 0 Å². The second-order valence-corrected chi connectivity index (χ2v) is 5.20. The van der Waals surface area contributed by atoms with Gasteiger partial charge in [0.15, 0.2) is 17.3 Å². The molecular formula is C17H12O6. The Morgan fingerprint density at radius 1 is 0.913 bits per heavy atom. The predicted octanol–water partition coefficient (Wildman–Crippen LogP) is 2.08. The first-order chi connectivity index (χ1) is 10.8. The minimum absolute atomic E-state index is 0.00525. The molecule has 1 aliphatic rings. The number of Topliss-reactive ketones (excluding diaryl/α,β-unsaturated/α-hetero) is 1. The van der Waals surface area contributed by atoms with E-state index in [0.29, 0.717) is 0 Å². The fraction of sp³-hybridized carbons (Fsp3) is 0.118. The Bertz CT molecular complexity index is 894. The van der Waals surface area contributed by atoms with Crippen molar-refractivity contribution in [2.45, 2.75) is 6.92 Å². The summed E-state index contributed by atoms with van der Waals surface area (Å²) in [5.41, 5.74) is -0.234. The lowest BCUT2D eigenvalue weighted by atomic mass is 9.82. The Morgan fingerprint density at radius 2 is 1.57 bits per heavy atom. The number of hydrogen-bond acceptors (Lipinski definition) is 6. The molecule has 0 heterocycles. The highest BCUT2D eigenvalue weighted by molar-refractivity contribution is 6.30. The molecule has 0 spiro atoms. The monoisotopic (exact) mass is 312 g/mol. The zero-order valence-electron chi connectivity index (χ0n) is 12.3. The minimum atomic E-state index is -0.586. The molecule has 0 saturated carbocycles. The maximum atomic E-state index is 12.6. The van der Waals surface area contributed by atoms with Crippen LogP contribution in [0.3, 0.4) is 0 Å². The Morgan fingerprint density at radius 3 is 2.17 bits per heavy atom. The van der Waals surface area contributed by atoms with Gasteiger partial charge in [-0.1, -0.05) is 0 Å². The number of ether oxygens (including phenoxy) is 1. The van der Waals surface area contributed by atoms with Gasteiger partial charge in [-0.3, -0.25) is 14.4 Å². The number of methoxy groups -OCH3 is 1. The van der Waals surface area contributed by atoms with Crippen molar-refractivity contribution in [3.05, 3.63) is 52.1 Å². The second kappa shape index (κ2) is 4.95. The van der Waals surface area contributed by atoms with Crippen molar-refractivity contribution in [1.29, 1.82) is 0 Å². The van der Waals surface area contributed by atoms with E-state index in [4.69, 9.17) is 4.74 Å². The third-order valence-electron chi connectivity index (χ3n) is 3.80. The van der Waals surface area contributed by atoms with Crippen molar-refractivity contribution in [1.82, 2.24) is 0 Å². The molecule has 2 N–H and O–H groups in total. The van der Waals surface area contributed by atoms with Gasteiger partial charge in [0.05, 0.1) is 18.2 Å². The molecule has 6 heteroatoms. The predicted molar refractivity (Wildman–Crippen MR) is 79.6 cm³/mol. The molecule has 0 fully saturated rings. The van der Waals surface area contributed by atoms with Crippen LogP contribution in [0.15, 0.2) is 24.3 Å². The van der Waals surface area contributed by atoms with Crippen LogP contribution in [0.1, 0.15) is 49.1 Å². The smallest absolute Gasteiger partial charge is 0.198 e. The number of benzene rings is 2. The van der Waals surface area contributed by atoms with Crippen LogP contribution in [0.5, 0.6) is 17.2 Å². The van der Waals surface area contributed by atoms with E-state index < -0.39 is 17.3 Å². The van der Waals surface area contributed by atoms with Gasteiger partial charge in [0.2, 0.25) is 0 Å². The molecule has 0 atom stereocenters. The lowest BCUT2D eigenvalue weighted by molar-refractivity contribution is 0.0974. The van der Waals surface area contributed by atoms with Gasteiger partial charge >= 0.3 is 0 Å². The summed E-state index contributed by atoms with van der Waals surface area (Å²) in [6.45, 7) is 1.24. The first-order valence-corrected chi connectivity index (χ1v) is 6.73. The largest absolute Gasteiger partial charge is 0.507 e. The molecule has 2 aromatic rings. The highest BCUT2D eigenvalue weighted by Crippen LogP contribution is 2.37. The van der Waals surface area contributed by atoms with Crippen LogP contribution in [-0.4, -0.2) is 34.7 Å². The van der Waals surface area contributed by atoms with Crippen molar-refractivity contribution < 1.29 is 29.3 Å². The van der Waals surface area contributed by atoms with Crippen molar-refractivity contribution in [2.75, 3.05) is 7.11 Å². The molecule has 0 aromatic heterocycles. The number of phenolic OH excluding ortho intramolecular Hbond substituents is 2. The SMILES string of the molecule is COc1cc(O)c2c(c1)C(=O)c1cc(O)c(C(C)=O)cc1C2=O. The van der Waals surface area contributed by atoms with E-state index in [0.717, 1.165) is 6.07 Å². The Balaban J connectivity index is 2.31. The van der Waals surface area contributed by atoms with Crippen LogP contribution in [0, 0.1) is 0 Å². The third kappa shape index (κ3) is 2.07. The molecule has 2 aromatic carbocycles. The number of phenols is 2. The molecule has 0 bridgehead atoms. The van der Waals surface area contributed by atoms with Gasteiger partial charge in [0.1, 0.15) is 17.2 Å². The van der Waals surface area contributed by atoms with Crippen LogP contribution < -0.4 is 4.74 Å². The number of ketones is 3. The normalized spacial score (nSPS) is 12.6. The molecule has 116 valence electrons. The topological polar surface area (TPSA) is 101 Å². The van der Waals surface area contributed by atoms with Crippen molar-refractivity contribution in [3.63, 3.8) is 0 Å². The summed E-state index contributed by atoms with van der Waals surface area (Å²) in [7, 11) is 1.37. The van der Waals surface area contributed by atoms with Crippen molar-refractivity contribution >= 4 is 17.3 Å².